The summed E-state index contributed by atoms with van der Waals surface area (Å²) in [6, 6.07) is 14.5. The monoisotopic (exact) mass is 333 g/mol. The molecule has 3 nitrogen and oxygen atoms in total. The lowest BCUT2D eigenvalue weighted by Gasteiger charge is -2.07. The third kappa shape index (κ3) is 2.39. The number of anilines is 1. The van der Waals surface area contributed by atoms with Crippen molar-refractivity contribution in [3.8, 4) is 22.5 Å². The van der Waals surface area contributed by atoms with E-state index in [0.29, 0.717) is 0 Å². The minimum absolute atomic E-state index is 0.770. The molecule has 120 valence electrons. The summed E-state index contributed by atoms with van der Waals surface area (Å²) in [6.45, 7) is 6.46. The van der Waals surface area contributed by atoms with Crippen molar-refractivity contribution in [2.75, 3.05) is 5.73 Å². The third-order valence-corrected chi connectivity index (χ3v) is 5.31. The van der Waals surface area contributed by atoms with Gasteiger partial charge in [-0.05, 0) is 38.5 Å². The van der Waals surface area contributed by atoms with Crippen LogP contribution in [0.4, 0.5) is 5.69 Å². The molecule has 0 atom stereocenters. The molecule has 0 aliphatic heterocycles. The van der Waals surface area contributed by atoms with Crippen LogP contribution in [0.15, 0.2) is 48.7 Å². The Morgan fingerprint density at radius 1 is 1.00 bits per heavy atom. The summed E-state index contributed by atoms with van der Waals surface area (Å²) < 4.78 is 2.21. The molecular formula is C20H19N3S. The minimum Gasteiger partial charge on any atom is -0.399 e. The number of nitrogens with two attached hydrogens (primary N) is 1. The molecule has 0 aliphatic rings. The van der Waals surface area contributed by atoms with Crippen LogP contribution in [0.3, 0.4) is 0 Å². The SMILES string of the molecule is Cc1ccc(-c2c(C)sc3nc(-c4ccc(N)cc4)cn23)c(C)c1. The van der Waals surface area contributed by atoms with Crippen molar-refractivity contribution in [1.82, 2.24) is 9.38 Å². The van der Waals surface area contributed by atoms with Crippen LogP contribution >= 0.6 is 11.3 Å². The topological polar surface area (TPSA) is 43.3 Å². The number of fused-ring (bicyclic) bond motifs is 1. The first-order valence-electron chi connectivity index (χ1n) is 7.95. The lowest BCUT2D eigenvalue weighted by atomic mass is 10.0. The summed E-state index contributed by atoms with van der Waals surface area (Å²) in [4.78, 5) is 7.12. The molecule has 0 unspecified atom stereocenters. The lowest BCUT2D eigenvalue weighted by molar-refractivity contribution is 1.21. The number of thiazole rings is 1. The van der Waals surface area contributed by atoms with Crippen LogP contribution in [0, 0.1) is 20.8 Å². The van der Waals surface area contributed by atoms with Crippen molar-refractivity contribution in [2.45, 2.75) is 20.8 Å². The maximum Gasteiger partial charge on any atom is 0.194 e. The second kappa shape index (κ2) is 5.49. The summed E-state index contributed by atoms with van der Waals surface area (Å²) in [5.41, 5.74) is 13.7. The Morgan fingerprint density at radius 3 is 2.46 bits per heavy atom. The van der Waals surface area contributed by atoms with Crippen molar-refractivity contribution in [1.29, 1.82) is 0 Å². The zero-order valence-corrected chi connectivity index (χ0v) is 14.8. The fourth-order valence-electron chi connectivity index (χ4n) is 3.14. The van der Waals surface area contributed by atoms with Gasteiger partial charge in [0, 0.05) is 27.9 Å². The lowest BCUT2D eigenvalue weighted by Crippen LogP contribution is -1.90. The molecule has 0 saturated heterocycles. The van der Waals surface area contributed by atoms with Crippen LogP contribution in [0.25, 0.3) is 27.5 Å². The molecular weight excluding hydrogens is 314 g/mol. The van der Waals surface area contributed by atoms with E-state index in [2.05, 4.69) is 49.6 Å². The van der Waals surface area contributed by atoms with Crippen LogP contribution < -0.4 is 5.73 Å². The quantitative estimate of drug-likeness (QED) is 0.510. The van der Waals surface area contributed by atoms with E-state index in [1.54, 1.807) is 11.3 Å². The Labute approximate surface area is 145 Å². The highest BCUT2D eigenvalue weighted by atomic mass is 32.1. The first-order valence-corrected chi connectivity index (χ1v) is 8.76. The van der Waals surface area contributed by atoms with E-state index in [1.165, 1.54) is 27.3 Å². The summed E-state index contributed by atoms with van der Waals surface area (Å²) >= 11 is 1.73. The minimum atomic E-state index is 0.770. The second-order valence-corrected chi connectivity index (χ2v) is 7.41. The van der Waals surface area contributed by atoms with Gasteiger partial charge in [-0.25, -0.2) is 4.98 Å². The Balaban J connectivity index is 1.90. The van der Waals surface area contributed by atoms with E-state index in [4.69, 9.17) is 10.7 Å². The van der Waals surface area contributed by atoms with Crippen molar-refractivity contribution in [2.24, 2.45) is 0 Å². The van der Waals surface area contributed by atoms with Gasteiger partial charge >= 0.3 is 0 Å². The highest BCUT2D eigenvalue weighted by molar-refractivity contribution is 7.17. The van der Waals surface area contributed by atoms with Gasteiger partial charge in [0.25, 0.3) is 0 Å². The number of aryl methyl sites for hydroxylation is 3. The molecule has 24 heavy (non-hydrogen) atoms. The van der Waals surface area contributed by atoms with Gasteiger partial charge < -0.3 is 5.73 Å². The van der Waals surface area contributed by atoms with Crippen LogP contribution in [-0.4, -0.2) is 9.38 Å². The first-order chi connectivity index (χ1) is 11.5. The van der Waals surface area contributed by atoms with E-state index >= 15 is 0 Å². The number of hydrogen-bond acceptors (Lipinski definition) is 3. The molecule has 0 fully saturated rings. The van der Waals surface area contributed by atoms with Gasteiger partial charge in [0.15, 0.2) is 4.96 Å². The molecule has 2 aromatic carbocycles. The van der Waals surface area contributed by atoms with E-state index in [0.717, 1.165) is 21.9 Å². The molecule has 0 aliphatic carbocycles. The van der Waals surface area contributed by atoms with Crippen molar-refractivity contribution in [3.05, 3.63) is 64.7 Å². The van der Waals surface area contributed by atoms with Crippen molar-refractivity contribution in [3.63, 3.8) is 0 Å². The first kappa shape index (κ1) is 15.0. The molecule has 4 rings (SSSR count). The summed E-state index contributed by atoms with van der Waals surface area (Å²) in [5.74, 6) is 0. The van der Waals surface area contributed by atoms with Crippen molar-refractivity contribution >= 4 is 22.0 Å². The smallest absolute Gasteiger partial charge is 0.194 e. The molecule has 0 amide bonds. The molecule has 0 bridgehead atoms. The fourth-order valence-corrected chi connectivity index (χ4v) is 4.11. The standard InChI is InChI=1S/C20H19N3S/c1-12-4-9-17(13(2)10-12)19-14(3)24-20-22-18(11-23(19)20)15-5-7-16(21)8-6-15/h4-11H,21H2,1-3H3. The average molecular weight is 333 g/mol. The Hall–Kier alpha value is -2.59. The van der Waals surface area contributed by atoms with E-state index in [9.17, 15) is 0 Å². The predicted molar refractivity (Wildman–Crippen MR) is 103 cm³/mol. The van der Waals surface area contributed by atoms with Crippen LogP contribution in [-0.2, 0) is 0 Å². The number of nitrogens with zero attached hydrogens (tertiary/aromatic N) is 2. The molecule has 2 heterocycles. The van der Waals surface area contributed by atoms with Crippen LogP contribution in [0.2, 0.25) is 0 Å². The zero-order valence-electron chi connectivity index (χ0n) is 14.0. The highest BCUT2D eigenvalue weighted by Gasteiger charge is 2.16. The zero-order chi connectivity index (χ0) is 16.8. The Morgan fingerprint density at radius 2 is 1.75 bits per heavy atom. The second-order valence-electron chi connectivity index (χ2n) is 6.23. The van der Waals surface area contributed by atoms with Gasteiger partial charge in [0.05, 0.1) is 11.4 Å². The van der Waals surface area contributed by atoms with Gasteiger partial charge in [-0.2, -0.15) is 0 Å². The number of nitrogen functional groups attached to an aromatic ring is 1. The van der Waals surface area contributed by atoms with Gasteiger partial charge in [-0.1, -0.05) is 35.9 Å². The van der Waals surface area contributed by atoms with Gasteiger partial charge in [-0.3, -0.25) is 4.40 Å². The van der Waals surface area contributed by atoms with Crippen LogP contribution in [0.1, 0.15) is 16.0 Å². The highest BCUT2D eigenvalue weighted by Crippen LogP contribution is 2.35. The number of imidazole rings is 1. The summed E-state index contributed by atoms with van der Waals surface area (Å²) in [6.07, 6.45) is 2.12. The molecule has 4 heteroatoms. The van der Waals surface area contributed by atoms with E-state index in [-0.39, 0.29) is 0 Å². The number of hydrogen-bond donors (Lipinski definition) is 1. The number of aromatic nitrogens is 2. The Kier molecular flexibility index (Phi) is 3.43. The van der Waals surface area contributed by atoms with E-state index in [1.807, 2.05) is 24.3 Å². The molecule has 0 saturated carbocycles. The molecule has 4 aromatic rings. The third-order valence-electron chi connectivity index (χ3n) is 4.34. The maximum absolute atomic E-state index is 5.79. The Bertz CT molecular complexity index is 1040. The van der Waals surface area contributed by atoms with Gasteiger partial charge in [0.1, 0.15) is 0 Å². The normalized spacial score (nSPS) is 11.3. The summed E-state index contributed by atoms with van der Waals surface area (Å²) in [5, 5.41) is 0. The molecule has 0 radical (unpaired) electrons. The van der Waals surface area contributed by atoms with Crippen molar-refractivity contribution < 1.29 is 0 Å². The number of rotatable bonds is 2. The molecule has 2 aromatic heterocycles. The average Bonchev–Trinajstić information content (AvgIpc) is 3.06. The van der Waals surface area contributed by atoms with Gasteiger partial charge in [-0.15, -0.1) is 11.3 Å². The maximum atomic E-state index is 5.79. The number of benzene rings is 2. The summed E-state index contributed by atoms with van der Waals surface area (Å²) in [7, 11) is 0. The van der Waals surface area contributed by atoms with Gasteiger partial charge in [0.2, 0.25) is 0 Å². The predicted octanol–water partition coefficient (Wildman–Crippen LogP) is 5.24. The van der Waals surface area contributed by atoms with Crippen LogP contribution in [0.5, 0.6) is 0 Å². The van der Waals surface area contributed by atoms with E-state index < -0.39 is 0 Å². The molecule has 2 N–H and O–H groups in total. The molecule has 0 spiro atoms. The fraction of sp³-hybridized carbons (Fsp3) is 0.150. The largest absolute Gasteiger partial charge is 0.399 e.